The van der Waals surface area contributed by atoms with Gasteiger partial charge in [-0.05, 0) is 55.5 Å². The number of carbonyl (C=O) groups excluding carboxylic acids is 2. The fraction of sp³-hybridized carbons (Fsp3) is 0.261. The molecule has 6 nitrogen and oxygen atoms in total. The van der Waals surface area contributed by atoms with Crippen LogP contribution in [0.15, 0.2) is 53.3 Å². The predicted molar refractivity (Wildman–Crippen MR) is 108 cm³/mol. The van der Waals surface area contributed by atoms with Gasteiger partial charge in [0.05, 0.1) is 17.5 Å². The molecule has 29 heavy (non-hydrogen) atoms. The van der Waals surface area contributed by atoms with Crippen LogP contribution in [0.25, 0.3) is 22.0 Å². The lowest BCUT2D eigenvalue weighted by atomic mass is 9.95. The van der Waals surface area contributed by atoms with Crippen molar-refractivity contribution in [3.05, 3.63) is 65.7 Å². The lowest BCUT2D eigenvalue weighted by Gasteiger charge is -2.15. The van der Waals surface area contributed by atoms with Crippen LogP contribution in [0, 0.1) is 0 Å². The van der Waals surface area contributed by atoms with Crippen LogP contribution in [0.3, 0.4) is 0 Å². The second-order valence-electron chi connectivity index (χ2n) is 7.30. The number of nitrogens with zero attached hydrogens (tertiary/aromatic N) is 2. The number of ether oxygens (including phenoxy) is 1. The summed E-state index contributed by atoms with van der Waals surface area (Å²) in [5, 5.41) is 1.16. The molecular weight excluding hydrogens is 368 g/mol. The van der Waals surface area contributed by atoms with E-state index in [9.17, 15) is 9.59 Å². The lowest BCUT2D eigenvalue weighted by molar-refractivity contribution is 0.0489. The molecule has 0 radical (unpaired) electrons. The number of carbonyl (C=O) groups is 2. The maximum absolute atomic E-state index is 13.0. The molecule has 1 aliphatic rings. The molecule has 0 unspecified atom stereocenters. The molecule has 5 rings (SSSR count). The predicted octanol–water partition coefficient (Wildman–Crippen LogP) is 4.55. The Kier molecular flexibility index (Phi) is 4.39. The molecule has 4 aromatic rings. The quantitative estimate of drug-likeness (QED) is 0.480. The Labute approximate surface area is 167 Å². The van der Waals surface area contributed by atoms with Gasteiger partial charge in [0.1, 0.15) is 12.1 Å². The van der Waals surface area contributed by atoms with Gasteiger partial charge in [-0.2, -0.15) is 0 Å². The van der Waals surface area contributed by atoms with E-state index in [-0.39, 0.29) is 18.9 Å². The summed E-state index contributed by atoms with van der Waals surface area (Å²) >= 11 is 0. The highest BCUT2D eigenvalue weighted by molar-refractivity contribution is 5.97. The van der Waals surface area contributed by atoms with Crippen molar-refractivity contribution in [2.24, 2.45) is 0 Å². The number of esters is 1. The summed E-state index contributed by atoms with van der Waals surface area (Å²) in [6.07, 6.45) is 5.64. The first-order valence-electron chi connectivity index (χ1n) is 9.87. The summed E-state index contributed by atoms with van der Waals surface area (Å²) in [6.45, 7) is 0.0375. The van der Waals surface area contributed by atoms with E-state index >= 15 is 0 Å². The molecule has 0 N–H and O–H groups in total. The zero-order valence-corrected chi connectivity index (χ0v) is 15.9. The third kappa shape index (κ3) is 3.10. The van der Waals surface area contributed by atoms with E-state index in [1.807, 2.05) is 22.8 Å². The van der Waals surface area contributed by atoms with Gasteiger partial charge >= 0.3 is 5.97 Å². The molecule has 0 amide bonds. The first kappa shape index (κ1) is 17.7. The van der Waals surface area contributed by atoms with Gasteiger partial charge in [-0.1, -0.05) is 18.2 Å². The number of rotatable bonds is 4. The Bertz CT molecular complexity index is 1230. The highest BCUT2D eigenvalue weighted by Crippen LogP contribution is 2.32. The second-order valence-corrected chi connectivity index (χ2v) is 7.30. The third-order valence-electron chi connectivity index (χ3n) is 5.54. The van der Waals surface area contributed by atoms with Crippen molar-refractivity contribution in [3.63, 3.8) is 0 Å². The van der Waals surface area contributed by atoms with Gasteiger partial charge in [0, 0.05) is 11.1 Å². The molecule has 2 aromatic carbocycles. The highest BCUT2D eigenvalue weighted by Gasteiger charge is 2.23. The summed E-state index contributed by atoms with van der Waals surface area (Å²) in [6, 6.07) is 13.0. The van der Waals surface area contributed by atoms with Crippen molar-refractivity contribution >= 4 is 33.9 Å². The average Bonchev–Trinajstić information content (AvgIpc) is 3.35. The van der Waals surface area contributed by atoms with Crippen molar-refractivity contribution in [2.45, 2.75) is 32.1 Å². The van der Waals surface area contributed by atoms with Gasteiger partial charge in [0.2, 0.25) is 5.91 Å². The third-order valence-corrected chi connectivity index (χ3v) is 5.54. The van der Waals surface area contributed by atoms with Crippen LogP contribution in [-0.2, 0) is 17.6 Å². The van der Waals surface area contributed by atoms with Crippen molar-refractivity contribution in [1.29, 1.82) is 0 Å². The molecule has 6 heteroatoms. The van der Waals surface area contributed by atoms with Gasteiger partial charge in [-0.15, -0.1) is 0 Å². The number of benzene rings is 2. The Balaban J connectivity index is 1.31. The smallest absolute Gasteiger partial charge is 0.338 e. The van der Waals surface area contributed by atoms with Crippen LogP contribution in [0.5, 0.6) is 0 Å². The fourth-order valence-electron chi connectivity index (χ4n) is 4.19. The minimum atomic E-state index is -0.470. The molecule has 146 valence electrons. The van der Waals surface area contributed by atoms with E-state index in [1.165, 1.54) is 12.0 Å². The Hall–Kier alpha value is -3.41. The highest BCUT2D eigenvalue weighted by atomic mass is 16.5. The number of para-hydroxylation sites is 1. The normalized spacial score (nSPS) is 13.5. The first-order chi connectivity index (χ1) is 14.2. The Morgan fingerprint density at radius 1 is 1.10 bits per heavy atom. The van der Waals surface area contributed by atoms with E-state index in [0.29, 0.717) is 16.7 Å². The fourth-order valence-corrected chi connectivity index (χ4v) is 4.19. The summed E-state index contributed by atoms with van der Waals surface area (Å²) in [5.74, 6) is -0.508. The zero-order chi connectivity index (χ0) is 19.8. The molecule has 0 saturated carbocycles. The monoisotopic (exact) mass is 388 g/mol. The van der Waals surface area contributed by atoms with Crippen LogP contribution < -0.4 is 0 Å². The number of aryl methyl sites for hydroxylation is 1. The number of aromatic nitrogens is 2. The molecule has 0 spiro atoms. The maximum Gasteiger partial charge on any atom is 0.338 e. The van der Waals surface area contributed by atoms with Crippen molar-refractivity contribution in [1.82, 2.24) is 9.55 Å². The maximum atomic E-state index is 13.0. The SMILES string of the molecule is O=C(OCCC(=O)n1c2c(c3ccccc31)CCCC2)c1ccc2ocnc2c1. The molecule has 2 aromatic heterocycles. The van der Waals surface area contributed by atoms with Crippen molar-refractivity contribution in [3.8, 4) is 0 Å². The van der Waals surface area contributed by atoms with Crippen LogP contribution in [0.1, 0.15) is 45.7 Å². The lowest BCUT2D eigenvalue weighted by Crippen LogP contribution is -2.18. The molecule has 0 aliphatic heterocycles. The van der Waals surface area contributed by atoms with Crippen LogP contribution >= 0.6 is 0 Å². The number of oxazole rings is 1. The molecule has 0 bridgehead atoms. The van der Waals surface area contributed by atoms with E-state index in [4.69, 9.17) is 9.15 Å². The summed E-state index contributed by atoms with van der Waals surface area (Å²) < 4.78 is 12.4. The van der Waals surface area contributed by atoms with Crippen LogP contribution in [0.2, 0.25) is 0 Å². The van der Waals surface area contributed by atoms with Crippen molar-refractivity contribution < 1.29 is 18.7 Å². The minimum absolute atomic E-state index is 0.0375. The van der Waals surface area contributed by atoms with E-state index in [2.05, 4.69) is 11.1 Å². The average molecular weight is 388 g/mol. The molecule has 0 atom stereocenters. The van der Waals surface area contributed by atoms with Crippen molar-refractivity contribution in [2.75, 3.05) is 6.61 Å². The minimum Gasteiger partial charge on any atom is -0.462 e. The standard InChI is InChI=1S/C23H20N2O4/c26-22(11-12-28-23(27)15-9-10-21-18(13-15)24-14-29-21)25-19-7-3-1-5-16(19)17-6-2-4-8-20(17)25/h1,3,5,7,9-10,13-14H,2,4,6,8,11-12H2. The molecule has 0 saturated heterocycles. The van der Waals surface area contributed by atoms with Gasteiger partial charge in [0.25, 0.3) is 0 Å². The van der Waals surface area contributed by atoms with Gasteiger partial charge in [-0.3, -0.25) is 9.36 Å². The number of hydrogen-bond acceptors (Lipinski definition) is 5. The largest absolute Gasteiger partial charge is 0.462 e. The van der Waals surface area contributed by atoms with Gasteiger partial charge < -0.3 is 9.15 Å². The first-order valence-corrected chi connectivity index (χ1v) is 9.87. The van der Waals surface area contributed by atoms with E-state index in [0.717, 1.165) is 42.3 Å². The summed E-state index contributed by atoms with van der Waals surface area (Å²) in [5.41, 5.74) is 4.96. The Morgan fingerprint density at radius 2 is 1.97 bits per heavy atom. The van der Waals surface area contributed by atoms with Crippen LogP contribution in [-0.4, -0.2) is 28.0 Å². The van der Waals surface area contributed by atoms with E-state index < -0.39 is 5.97 Å². The summed E-state index contributed by atoms with van der Waals surface area (Å²) in [4.78, 5) is 29.4. The van der Waals surface area contributed by atoms with Gasteiger partial charge in [0.15, 0.2) is 12.0 Å². The number of fused-ring (bicyclic) bond motifs is 4. The topological polar surface area (TPSA) is 74.3 Å². The molecule has 2 heterocycles. The number of hydrogen-bond donors (Lipinski definition) is 0. The van der Waals surface area contributed by atoms with Crippen LogP contribution in [0.4, 0.5) is 0 Å². The molecule has 1 aliphatic carbocycles. The summed E-state index contributed by atoms with van der Waals surface area (Å²) in [7, 11) is 0. The van der Waals surface area contributed by atoms with E-state index in [1.54, 1.807) is 18.2 Å². The second kappa shape index (κ2) is 7.20. The zero-order valence-electron chi connectivity index (χ0n) is 15.9. The molecular formula is C23H20N2O4. The Morgan fingerprint density at radius 3 is 2.90 bits per heavy atom. The molecule has 0 fully saturated rings. The van der Waals surface area contributed by atoms with Gasteiger partial charge in [-0.25, -0.2) is 9.78 Å².